The van der Waals surface area contributed by atoms with Gasteiger partial charge in [0.2, 0.25) is 0 Å². The van der Waals surface area contributed by atoms with Crippen molar-refractivity contribution >= 4 is 17.9 Å². The predicted molar refractivity (Wildman–Crippen MR) is 340 cm³/mol. The summed E-state index contributed by atoms with van der Waals surface area (Å²) in [7, 11) is 3.28. The van der Waals surface area contributed by atoms with Crippen molar-refractivity contribution in [1.82, 2.24) is 4.90 Å². The molecule has 0 radical (unpaired) electrons. The first kappa shape index (κ1) is 97.5. The van der Waals surface area contributed by atoms with Gasteiger partial charge in [0, 0.05) is 66.3 Å². The van der Waals surface area contributed by atoms with Gasteiger partial charge in [-0.15, -0.1) is 0 Å². The molecule has 0 fully saturated rings. The summed E-state index contributed by atoms with van der Waals surface area (Å²) in [6, 6.07) is 0. The minimum absolute atomic E-state index is 0.246. The highest BCUT2D eigenvalue weighted by atomic mass is 18.0. The van der Waals surface area contributed by atoms with Crippen LogP contribution >= 0.6 is 0 Å². The largest absolute Gasteiger partial charge is 0.463 e. The van der Waals surface area contributed by atoms with Crippen molar-refractivity contribution in [3.63, 3.8) is 0 Å². The molecule has 0 aromatic rings. The fourth-order valence-electron chi connectivity index (χ4n) is 8.61. The Labute approximate surface area is 560 Å². The van der Waals surface area contributed by atoms with Crippen LogP contribution in [0.3, 0.4) is 0 Å². The van der Waals surface area contributed by atoms with E-state index in [1.165, 1.54) is 218 Å². The quantitative estimate of drug-likeness (QED) is 0.0127. The maximum Gasteiger partial charge on any atom is 0.330 e. The Morgan fingerprint density at radius 2 is 0.585 bits per heavy atom. The van der Waals surface area contributed by atoms with Crippen LogP contribution in [0.4, 0.5) is 0 Å². The first-order valence-corrected chi connectivity index (χ1v) is 34.5. The van der Waals surface area contributed by atoms with Gasteiger partial charge in [-0.1, -0.05) is 239 Å². The third-order valence-electron chi connectivity index (χ3n) is 13.7. The van der Waals surface area contributed by atoms with E-state index in [-0.39, 0.29) is 44.0 Å². The third-order valence-corrected chi connectivity index (χ3v) is 13.7. The van der Waals surface area contributed by atoms with Gasteiger partial charge in [-0.3, -0.25) is 14.5 Å². The topological polar surface area (TPSA) is 342 Å². The van der Waals surface area contributed by atoms with Crippen LogP contribution in [0.1, 0.15) is 265 Å². The van der Waals surface area contributed by atoms with E-state index in [2.05, 4.69) is 113 Å². The molecule has 0 aliphatic heterocycles. The number of esters is 3. The Morgan fingerprint density at radius 1 is 0.330 bits per heavy atom. The number of nitrogens with zero attached hydrogens (tertiary/aromatic N) is 1. The zero-order valence-corrected chi connectivity index (χ0v) is 58.2. The van der Waals surface area contributed by atoms with Crippen molar-refractivity contribution in [2.24, 2.45) is 5.73 Å². The highest BCUT2D eigenvalue weighted by Crippen LogP contribution is 2.15. The molecule has 0 atom stereocenters. The Bertz CT molecular complexity index is 1360. The highest BCUT2D eigenvalue weighted by molar-refractivity contribution is 5.81. The van der Waals surface area contributed by atoms with Crippen molar-refractivity contribution in [1.29, 1.82) is 0 Å². The average molecular weight is 1380 g/mol. The molecule has 0 rings (SSSR count). The summed E-state index contributed by atoms with van der Waals surface area (Å²) in [5.74, 6) is -0.873. The van der Waals surface area contributed by atoms with Crippen LogP contribution in [0.15, 0.2) is 12.7 Å². The number of rotatable bonds is 75. The number of ether oxygens (including phenoxy) is 8. The summed E-state index contributed by atoms with van der Waals surface area (Å²) in [4.78, 5) is 37.3. The monoisotopic (exact) mass is 1380 g/mol. The lowest BCUT2D eigenvalue weighted by molar-refractivity contribution is -0.889. The molecule has 0 spiro atoms. The molecule has 0 aliphatic rings. The molecule has 4 N–H and O–H groups in total. The lowest BCUT2D eigenvalue weighted by atomic mass is 10.1. The predicted octanol–water partition coefficient (Wildman–Crippen LogP) is 14.2. The second kappa shape index (κ2) is 94.3. The maximum absolute atomic E-state index is 12.2. The molecule has 0 heterocycles. The van der Waals surface area contributed by atoms with Gasteiger partial charge in [-0.05, 0) is 99.9 Å². The van der Waals surface area contributed by atoms with Crippen LogP contribution in [0, 0.1) is 0 Å². The van der Waals surface area contributed by atoms with Crippen LogP contribution in [0.5, 0.6) is 0 Å². The summed E-state index contributed by atoms with van der Waals surface area (Å²) in [5.41, 5.74) is 5.01. The molecule has 0 saturated carbocycles. The SMILES string of the molecule is C=CC(=O)OCCOCCCCCCCCCCCCCC.CCCCCCCCCCCCCCOCCOC(=O)CCN(CCOC)CCC(=O)OCCOCCCCCCCCCCCCCC.COCCN.OOOOOOOOOOOOOOOOOO. The summed E-state index contributed by atoms with van der Waals surface area (Å²) in [5, 5.41) is 68.0. The van der Waals surface area contributed by atoms with Crippen molar-refractivity contribution in [3.05, 3.63) is 12.7 Å². The second-order valence-corrected chi connectivity index (χ2v) is 21.5. The molecule has 31 heteroatoms. The van der Waals surface area contributed by atoms with Gasteiger partial charge in [-0.2, -0.15) is 0 Å². The van der Waals surface area contributed by atoms with Gasteiger partial charge in [0.05, 0.1) is 45.9 Å². The molecular weight excluding hydrogens is 1250 g/mol. The molecular formula is C63H128N2O29. The van der Waals surface area contributed by atoms with E-state index < -0.39 is 0 Å². The van der Waals surface area contributed by atoms with Gasteiger partial charge >= 0.3 is 17.9 Å². The summed E-state index contributed by atoms with van der Waals surface area (Å²) in [6.45, 7) is 18.1. The standard InChI is InChI=1S/C41H81NO7.C19H36O3.C3H9NO.H2O18/c1-4-6-8-10-12-14-16-18-20-22-24-26-33-46-36-38-48-40(43)28-30-42(32-35-45-3)31-29-41(44)49-39-37-47-34-27-25-23-21-19-17-15-13-11-9-7-5-2;1-3-5-6-7-8-9-10-11-12-13-14-15-16-21-17-18-22-19(20)4-2;1-5-3-2-4;1-3-5-7-9-11-13-15-17-18-16-14-12-10-8-6-4-2/h4-39H2,1-3H3;4H,2-3,5-18H2,1H3;2-4H2,1H3;1-2H. The third kappa shape index (κ3) is 97.8. The first-order valence-electron chi connectivity index (χ1n) is 34.5. The zero-order valence-electron chi connectivity index (χ0n) is 58.2. The molecule has 0 bridgehead atoms. The molecule has 31 nitrogen and oxygen atoms in total. The maximum atomic E-state index is 12.2. The molecule has 0 aliphatic carbocycles. The van der Waals surface area contributed by atoms with Crippen molar-refractivity contribution in [3.8, 4) is 0 Å². The number of methoxy groups -OCH3 is 2. The Balaban J connectivity index is -0.000000732. The molecule has 564 valence electrons. The normalized spacial score (nSPS) is 11.0. The summed E-state index contributed by atoms with van der Waals surface area (Å²) in [6.07, 6.45) is 49.7. The second-order valence-electron chi connectivity index (χ2n) is 21.5. The van der Waals surface area contributed by atoms with E-state index in [0.29, 0.717) is 65.8 Å². The Kier molecular flexibility index (Phi) is 97.9. The van der Waals surface area contributed by atoms with Crippen LogP contribution < -0.4 is 5.73 Å². The van der Waals surface area contributed by atoms with E-state index in [9.17, 15) is 14.4 Å². The lowest BCUT2D eigenvalue weighted by Crippen LogP contribution is -2.32. The van der Waals surface area contributed by atoms with Crippen LogP contribution in [-0.4, -0.2) is 146 Å². The van der Waals surface area contributed by atoms with Crippen LogP contribution in [0.25, 0.3) is 0 Å². The van der Waals surface area contributed by atoms with Crippen LogP contribution in [0.2, 0.25) is 0 Å². The Hall–Kier alpha value is -2.85. The Morgan fingerprint density at radius 3 is 0.819 bits per heavy atom. The van der Waals surface area contributed by atoms with E-state index in [4.69, 9.17) is 49.4 Å². The molecule has 0 amide bonds. The van der Waals surface area contributed by atoms with Gasteiger partial charge in [-0.25, -0.2) is 15.3 Å². The van der Waals surface area contributed by atoms with Gasteiger partial charge in [0.25, 0.3) is 0 Å². The number of carbonyl (C=O) groups is 3. The number of nitrogens with two attached hydrogens (primary N) is 1. The van der Waals surface area contributed by atoms with Gasteiger partial charge in [0.1, 0.15) is 19.8 Å². The van der Waals surface area contributed by atoms with E-state index >= 15 is 0 Å². The zero-order chi connectivity index (χ0) is 69.5. The minimum Gasteiger partial charge on any atom is -0.463 e. The van der Waals surface area contributed by atoms with E-state index in [1.54, 1.807) is 14.2 Å². The first-order chi connectivity index (χ1) is 46.3. The van der Waals surface area contributed by atoms with Crippen LogP contribution in [-0.2, 0) is 133 Å². The molecule has 0 unspecified atom stereocenters. The van der Waals surface area contributed by atoms with Gasteiger partial charge < -0.3 is 43.6 Å². The number of hydrogen-bond donors (Lipinski definition) is 3. The van der Waals surface area contributed by atoms with Crippen molar-refractivity contribution < 1.29 is 143 Å². The molecule has 0 aromatic heterocycles. The van der Waals surface area contributed by atoms with E-state index in [1.807, 2.05) is 4.90 Å². The number of carbonyl (C=O) groups excluding carboxylic acids is 3. The van der Waals surface area contributed by atoms with E-state index in [0.717, 1.165) is 39.1 Å². The summed E-state index contributed by atoms with van der Waals surface area (Å²) < 4.78 is 42.0. The average Bonchev–Trinajstić information content (AvgIpc) is 3.45. The number of hydrogen-bond acceptors (Lipinski definition) is 31. The fraction of sp³-hybridized carbons (Fsp3) is 0.921. The lowest BCUT2D eigenvalue weighted by Gasteiger charge is -2.21. The molecule has 0 saturated heterocycles. The number of unbranched alkanes of at least 4 members (excludes halogenated alkanes) is 33. The highest BCUT2D eigenvalue weighted by Gasteiger charge is 2.13. The smallest absolute Gasteiger partial charge is 0.330 e. The molecule has 94 heavy (non-hydrogen) atoms. The van der Waals surface area contributed by atoms with Crippen molar-refractivity contribution in [2.75, 3.05) is 113 Å². The molecule has 0 aromatic carbocycles. The van der Waals surface area contributed by atoms with Gasteiger partial charge in [0.15, 0.2) is 0 Å². The summed E-state index contributed by atoms with van der Waals surface area (Å²) >= 11 is 0. The minimum atomic E-state index is -0.381. The fourth-order valence-corrected chi connectivity index (χ4v) is 8.61. The van der Waals surface area contributed by atoms with Crippen molar-refractivity contribution in [2.45, 2.75) is 265 Å².